The maximum absolute atomic E-state index is 12.4. The summed E-state index contributed by atoms with van der Waals surface area (Å²) in [5.41, 5.74) is 5.62. The lowest BCUT2D eigenvalue weighted by atomic mass is 9.94. The van der Waals surface area contributed by atoms with Gasteiger partial charge in [0.2, 0.25) is 5.91 Å². The molecule has 3 atom stereocenters. The Bertz CT molecular complexity index is 357. The minimum atomic E-state index is -0.144. The molecule has 0 saturated carbocycles. The van der Waals surface area contributed by atoms with E-state index in [0.29, 0.717) is 24.9 Å². The molecule has 2 heterocycles. The molecule has 1 amide bonds. The quantitative estimate of drug-likeness (QED) is 0.764. The minimum Gasteiger partial charge on any atom is -0.380 e. The highest BCUT2D eigenvalue weighted by atomic mass is 35.5. The lowest BCUT2D eigenvalue weighted by Crippen LogP contribution is -2.47. The van der Waals surface area contributed by atoms with Gasteiger partial charge in [-0.05, 0) is 45.1 Å². The minimum absolute atomic E-state index is 0. The van der Waals surface area contributed by atoms with Gasteiger partial charge in [-0.15, -0.1) is 24.8 Å². The van der Waals surface area contributed by atoms with Crippen LogP contribution in [0.2, 0.25) is 0 Å². The molecule has 144 valence electrons. The van der Waals surface area contributed by atoms with Crippen LogP contribution in [0.1, 0.15) is 45.4 Å². The van der Waals surface area contributed by atoms with Crippen LogP contribution in [0.3, 0.4) is 0 Å². The van der Waals surface area contributed by atoms with Crippen molar-refractivity contribution in [2.75, 3.05) is 39.8 Å². The fourth-order valence-corrected chi connectivity index (χ4v) is 3.79. The Hall–Kier alpha value is -0.0700. The number of carbonyl (C=O) groups is 1. The van der Waals surface area contributed by atoms with Crippen LogP contribution in [0.5, 0.6) is 0 Å². The fourth-order valence-electron chi connectivity index (χ4n) is 3.79. The Morgan fingerprint density at radius 2 is 1.96 bits per heavy atom. The summed E-state index contributed by atoms with van der Waals surface area (Å²) in [6, 6.07) is 0.704. The van der Waals surface area contributed by atoms with E-state index in [-0.39, 0.29) is 36.8 Å². The lowest BCUT2D eigenvalue weighted by Gasteiger charge is -2.39. The summed E-state index contributed by atoms with van der Waals surface area (Å²) >= 11 is 0. The van der Waals surface area contributed by atoms with Gasteiger partial charge < -0.3 is 20.3 Å². The molecule has 3 unspecified atom stereocenters. The summed E-state index contributed by atoms with van der Waals surface area (Å²) in [6.45, 7) is 6.93. The molecule has 0 aromatic rings. The van der Waals surface area contributed by atoms with E-state index in [4.69, 9.17) is 10.5 Å². The van der Waals surface area contributed by atoms with E-state index in [2.05, 4.69) is 11.8 Å². The molecule has 5 nitrogen and oxygen atoms in total. The van der Waals surface area contributed by atoms with Crippen molar-refractivity contribution in [2.45, 2.75) is 57.6 Å². The van der Waals surface area contributed by atoms with Gasteiger partial charge >= 0.3 is 0 Å². The molecule has 2 aliphatic heterocycles. The third-order valence-corrected chi connectivity index (χ3v) is 5.30. The van der Waals surface area contributed by atoms with Crippen LogP contribution in [0.15, 0.2) is 0 Å². The molecular weight excluding hydrogens is 349 g/mol. The first-order chi connectivity index (χ1) is 10.6. The van der Waals surface area contributed by atoms with Crippen molar-refractivity contribution in [1.82, 2.24) is 9.80 Å². The van der Waals surface area contributed by atoms with Crippen molar-refractivity contribution < 1.29 is 9.53 Å². The number of likely N-dealkylation sites (tertiary alicyclic amines) is 2. The first-order valence-electron chi connectivity index (χ1n) is 8.88. The Kier molecular flexibility index (Phi) is 12.3. The van der Waals surface area contributed by atoms with E-state index < -0.39 is 0 Å². The van der Waals surface area contributed by atoms with Crippen molar-refractivity contribution >= 4 is 30.7 Å². The van der Waals surface area contributed by atoms with Crippen LogP contribution in [0.4, 0.5) is 0 Å². The van der Waals surface area contributed by atoms with Crippen molar-refractivity contribution in [3.05, 3.63) is 0 Å². The van der Waals surface area contributed by atoms with Gasteiger partial charge in [-0.2, -0.15) is 0 Å². The second-order valence-electron chi connectivity index (χ2n) is 6.99. The molecule has 2 rings (SSSR count). The number of carbonyl (C=O) groups excluding carboxylic acids is 1. The zero-order valence-electron chi connectivity index (χ0n) is 15.1. The van der Waals surface area contributed by atoms with Gasteiger partial charge in [-0.3, -0.25) is 4.79 Å². The number of nitrogens with two attached hydrogens (primary N) is 1. The summed E-state index contributed by atoms with van der Waals surface area (Å²) in [5.74, 6) is 0.825. The number of amides is 1. The Morgan fingerprint density at radius 3 is 2.58 bits per heavy atom. The molecule has 2 fully saturated rings. The summed E-state index contributed by atoms with van der Waals surface area (Å²) in [6.07, 6.45) is 6.66. The zero-order chi connectivity index (χ0) is 15.9. The molecule has 0 aliphatic carbocycles. The SMILES string of the molecule is COC(CN)CC(=O)N1CCCC(CN2CCCCC2C)C1.Cl.Cl. The van der Waals surface area contributed by atoms with Crippen LogP contribution >= 0.6 is 24.8 Å². The number of hydrogen-bond donors (Lipinski definition) is 1. The second-order valence-corrected chi connectivity index (χ2v) is 6.99. The summed E-state index contributed by atoms with van der Waals surface area (Å²) < 4.78 is 5.24. The van der Waals surface area contributed by atoms with E-state index >= 15 is 0 Å². The molecule has 0 radical (unpaired) electrons. The van der Waals surface area contributed by atoms with Gasteiger partial charge in [-0.25, -0.2) is 0 Å². The average Bonchev–Trinajstić information content (AvgIpc) is 2.55. The van der Waals surface area contributed by atoms with E-state index in [0.717, 1.165) is 26.1 Å². The third-order valence-electron chi connectivity index (χ3n) is 5.30. The third kappa shape index (κ3) is 7.04. The van der Waals surface area contributed by atoms with Crippen molar-refractivity contribution in [3.63, 3.8) is 0 Å². The zero-order valence-corrected chi connectivity index (χ0v) is 16.7. The Balaban J connectivity index is 0.00000264. The molecule has 24 heavy (non-hydrogen) atoms. The number of halogens is 2. The monoisotopic (exact) mass is 383 g/mol. The van der Waals surface area contributed by atoms with E-state index in [1.807, 2.05) is 4.90 Å². The highest BCUT2D eigenvalue weighted by molar-refractivity contribution is 5.85. The van der Waals surface area contributed by atoms with Gasteiger partial charge in [0, 0.05) is 39.3 Å². The molecule has 2 saturated heterocycles. The first kappa shape index (κ1) is 23.9. The molecule has 0 spiro atoms. The number of methoxy groups -OCH3 is 1. The van der Waals surface area contributed by atoms with Gasteiger partial charge in [0.15, 0.2) is 0 Å². The standard InChI is InChI=1S/C17H33N3O2.2ClH/c1-14-6-3-4-8-19(14)12-15-7-5-9-20(13-15)17(21)10-16(11-18)22-2;;/h14-16H,3-13,18H2,1-2H3;2*1H. The number of hydrogen-bond acceptors (Lipinski definition) is 4. The number of piperidine rings is 2. The highest BCUT2D eigenvalue weighted by Gasteiger charge is 2.28. The van der Waals surface area contributed by atoms with Crippen molar-refractivity contribution in [1.29, 1.82) is 0 Å². The van der Waals surface area contributed by atoms with Crippen LogP contribution in [0.25, 0.3) is 0 Å². The van der Waals surface area contributed by atoms with Crippen LogP contribution in [-0.4, -0.2) is 67.7 Å². The number of rotatable bonds is 6. The second kappa shape index (κ2) is 12.3. The molecular formula is C17H35Cl2N3O2. The molecule has 0 bridgehead atoms. The Labute approximate surface area is 159 Å². The summed E-state index contributed by atoms with van der Waals surface area (Å²) in [4.78, 5) is 17.1. The van der Waals surface area contributed by atoms with Crippen molar-refractivity contribution in [3.8, 4) is 0 Å². The predicted octanol–water partition coefficient (Wildman–Crippen LogP) is 2.31. The van der Waals surface area contributed by atoms with Gasteiger partial charge in [-0.1, -0.05) is 6.42 Å². The summed E-state index contributed by atoms with van der Waals surface area (Å²) in [5, 5.41) is 0. The maximum Gasteiger partial charge on any atom is 0.225 e. The molecule has 0 aromatic carbocycles. The van der Waals surface area contributed by atoms with Crippen molar-refractivity contribution in [2.24, 2.45) is 11.7 Å². The maximum atomic E-state index is 12.4. The number of ether oxygens (including phenoxy) is 1. The largest absolute Gasteiger partial charge is 0.380 e. The molecule has 0 aromatic heterocycles. The smallest absolute Gasteiger partial charge is 0.225 e. The van der Waals surface area contributed by atoms with E-state index in [1.165, 1.54) is 32.2 Å². The topological polar surface area (TPSA) is 58.8 Å². The summed E-state index contributed by atoms with van der Waals surface area (Å²) in [7, 11) is 1.63. The first-order valence-corrected chi connectivity index (χ1v) is 8.88. The van der Waals surface area contributed by atoms with Gasteiger partial charge in [0.1, 0.15) is 0 Å². The van der Waals surface area contributed by atoms with Gasteiger partial charge in [0.05, 0.1) is 12.5 Å². The van der Waals surface area contributed by atoms with Crippen LogP contribution in [0, 0.1) is 5.92 Å². The predicted molar refractivity (Wildman–Crippen MR) is 103 cm³/mol. The normalized spacial score (nSPS) is 26.2. The van der Waals surface area contributed by atoms with E-state index in [9.17, 15) is 4.79 Å². The fraction of sp³-hybridized carbons (Fsp3) is 0.941. The Morgan fingerprint density at radius 1 is 1.21 bits per heavy atom. The molecule has 7 heteroatoms. The van der Waals surface area contributed by atoms with E-state index in [1.54, 1.807) is 7.11 Å². The number of nitrogens with zero attached hydrogens (tertiary/aromatic N) is 2. The van der Waals surface area contributed by atoms with Gasteiger partial charge in [0.25, 0.3) is 0 Å². The molecule has 2 aliphatic rings. The highest BCUT2D eigenvalue weighted by Crippen LogP contribution is 2.23. The lowest BCUT2D eigenvalue weighted by molar-refractivity contribution is -0.135. The molecule has 2 N–H and O–H groups in total. The average molecular weight is 384 g/mol. The van der Waals surface area contributed by atoms with Crippen LogP contribution < -0.4 is 5.73 Å². The van der Waals surface area contributed by atoms with Crippen LogP contribution in [-0.2, 0) is 9.53 Å².